The summed E-state index contributed by atoms with van der Waals surface area (Å²) >= 11 is 17.5. The number of hydrogen-bond acceptors (Lipinski definition) is 4. The van der Waals surface area contributed by atoms with Crippen molar-refractivity contribution in [1.82, 2.24) is 19.7 Å². The molecule has 0 N–H and O–H groups in total. The molecule has 0 saturated carbocycles. The van der Waals surface area contributed by atoms with Crippen LogP contribution >= 0.6 is 50.9 Å². The third-order valence-corrected chi connectivity index (χ3v) is 5.99. The van der Waals surface area contributed by atoms with E-state index < -0.39 is 0 Å². The van der Waals surface area contributed by atoms with E-state index in [0.717, 1.165) is 31.3 Å². The maximum atomic E-state index is 6.17. The van der Waals surface area contributed by atoms with Crippen molar-refractivity contribution in [2.24, 2.45) is 0 Å². The molecule has 0 atom stereocenters. The smallest absolute Gasteiger partial charge is 0.115 e. The van der Waals surface area contributed by atoms with Gasteiger partial charge in [0.25, 0.3) is 0 Å². The zero-order chi connectivity index (χ0) is 18.8. The molecule has 2 aromatic heterocycles. The molecule has 0 aliphatic rings. The highest BCUT2D eigenvalue weighted by molar-refractivity contribution is 9.10. The number of aryl methyl sites for hydroxylation is 1. The standard InChI is InChI=1S/C18H17BrCl2N4S/c1-10(2)25-18(26-14-5-12(20)4-13(21)6-14)15(11(3)24-25)7-17-16(19)8-22-9-23-17/h4-6,8-10H,7H2,1-3H3. The van der Waals surface area contributed by atoms with E-state index in [1.54, 1.807) is 30.4 Å². The number of nitrogens with zero attached hydrogens (tertiary/aromatic N) is 4. The highest BCUT2D eigenvalue weighted by Gasteiger charge is 2.20. The molecular formula is C18H17BrCl2N4S. The van der Waals surface area contributed by atoms with Crippen molar-refractivity contribution >= 4 is 50.9 Å². The van der Waals surface area contributed by atoms with Crippen LogP contribution in [0.15, 0.2) is 45.1 Å². The maximum absolute atomic E-state index is 6.17. The Kier molecular flexibility index (Phi) is 6.28. The van der Waals surface area contributed by atoms with Crippen LogP contribution in [0.5, 0.6) is 0 Å². The average Bonchev–Trinajstić information content (AvgIpc) is 2.85. The van der Waals surface area contributed by atoms with Gasteiger partial charge in [0.05, 0.1) is 15.9 Å². The second kappa shape index (κ2) is 8.30. The molecule has 0 fully saturated rings. The van der Waals surface area contributed by atoms with Gasteiger partial charge in [0.2, 0.25) is 0 Å². The number of halogens is 3. The summed E-state index contributed by atoms with van der Waals surface area (Å²) in [5, 5.41) is 7.05. The Morgan fingerprint density at radius 1 is 1.19 bits per heavy atom. The van der Waals surface area contributed by atoms with Crippen LogP contribution < -0.4 is 0 Å². The molecule has 3 rings (SSSR count). The molecule has 0 bridgehead atoms. The van der Waals surface area contributed by atoms with Crippen LogP contribution in [0.4, 0.5) is 0 Å². The maximum Gasteiger partial charge on any atom is 0.115 e. The summed E-state index contributed by atoms with van der Waals surface area (Å²) < 4.78 is 2.93. The summed E-state index contributed by atoms with van der Waals surface area (Å²) in [7, 11) is 0. The lowest BCUT2D eigenvalue weighted by Crippen LogP contribution is -2.05. The first-order valence-corrected chi connectivity index (χ1v) is 10.4. The van der Waals surface area contributed by atoms with Gasteiger partial charge in [-0.25, -0.2) is 9.97 Å². The molecular weight excluding hydrogens is 455 g/mol. The normalized spacial score (nSPS) is 11.3. The van der Waals surface area contributed by atoms with E-state index in [1.807, 2.05) is 23.7 Å². The van der Waals surface area contributed by atoms with Crippen molar-refractivity contribution in [1.29, 1.82) is 0 Å². The molecule has 1 aromatic carbocycles. The van der Waals surface area contributed by atoms with Crippen LogP contribution in [-0.4, -0.2) is 19.7 Å². The van der Waals surface area contributed by atoms with Gasteiger partial charge in [-0.2, -0.15) is 5.10 Å². The zero-order valence-electron chi connectivity index (χ0n) is 14.5. The lowest BCUT2D eigenvalue weighted by molar-refractivity contribution is 0.489. The lowest BCUT2D eigenvalue weighted by atomic mass is 10.1. The summed E-state index contributed by atoms with van der Waals surface area (Å²) in [5.74, 6) is 0. The highest BCUT2D eigenvalue weighted by Crippen LogP contribution is 2.37. The summed E-state index contributed by atoms with van der Waals surface area (Å²) in [6, 6.07) is 5.79. The molecule has 8 heteroatoms. The second-order valence-corrected chi connectivity index (χ2v) is 8.90. The fourth-order valence-corrected chi connectivity index (χ4v) is 4.86. The van der Waals surface area contributed by atoms with Gasteiger partial charge in [-0.1, -0.05) is 35.0 Å². The van der Waals surface area contributed by atoms with Gasteiger partial charge in [-0.3, -0.25) is 4.68 Å². The molecule has 4 nitrogen and oxygen atoms in total. The Morgan fingerprint density at radius 3 is 2.50 bits per heavy atom. The Bertz CT molecular complexity index is 923. The molecule has 0 aliphatic carbocycles. The first-order chi connectivity index (χ1) is 12.3. The Morgan fingerprint density at radius 2 is 1.88 bits per heavy atom. The molecule has 0 unspecified atom stereocenters. The quantitative estimate of drug-likeness (QED) is 0.433. The van der Waals surface area contributed by atoms with Gasteiger partial charge < -0.3 is 0 Å². The summed E-state index contributed by atoms with van der Waals surface area (Å²) in [6.45, 7) is 6.26. The van der Waals surface area contributed by atoms with Gasteiger partial charge in [0.15, 0.2) is 0 Å². The molecule has 136 valence electrons. The molecule has 0 spiro atoms. The topological polar surface area (TPSA) is 43.6 Å². The van der Waals surface area contributed by atoms with Crippen molar-refractivity contribution in [3.05, 3.63) is 62.2 Å². The van der Waals surface area contributed by atoms with Crippen molar-refractivity contribution in [2.45, 2.75) is 43.2 Å². The van der Waals surface area contributed by atoms with E-state index in [9.17, 15) is 0 Å². The van der Waals surface area contributed by atoms with Crippen LogP contribution in [0, 0.1) is 6.92 Å². The summed E-state index contributed by atoms with van der Waals surface area (Å²) in [4.78, 5) is 9.42. The van der Waals surface area contributed by atoms with Crippen molar-refractivity contribution in [3.8, 4) is 0 Å². The third-order valence-electron chi connectivity index (χ3n) is 3.79. The fraction of sp³-hybridized carbons (Fsp3) is 0.278. The van der Waals surface area contributed by atoms with Crippen LogP contribution in [0.25, 0.3) is 0 Å². The predicted molar refractivity (Wildman–Crippen MR) is 110 cm³/mol. The van der Waals surface area contributed by atoms with Crippen LogP contribution in [-0.2, 0) is 6.42 Å². The Labute approximate surface area is 175 Å². The number of benzene rings is 1. The molecule has 3 aromatic rings. The molecule has 0 radical (unpaired) electrons. The highest BCUT2D eigenvalue weighted by atomic mass is 79.9. The fourth-order valence-electron chi connectivity index (χ4n) is 2.56. The minimum atomic E-state index is 0.230. The second-order valence-electron chi connectivity index (χ2n) is 6.11. The van der Waals surface area contributed by atoms with Gasteiger partial charge in [-0.15, -0.1) is 0 Å². The lowest BCUT2D eigenvalue weighted by Gasteiger charge is -2.13. The molecule has 26 heavy (non-hydrogen) atoms. The van der Waals surface area contributed by atoms with E-state index in [1.165, 1.54) is 0 Å². The van der Waals surface area contributed by atoms with Crippen LogP contribution in [0.2, 0.25) is 10.0 Å². The molecule has 2 heterocycles. The molecule has 0 amide bonds. The Hall–Kier alpha value is -1.08. The van der Waals surface area contributed by atoms with Gasteiger partial charge >= 0.3 is 0 Å². The monoisotopic (exact) mass is 470 g/mol. The predicted octanol–water partition coefficient (Wildman–Crippen LogP) is 6.37. The number of aromatic nitrogens is 4. The van der Waals surface area contributed by atoms with E-state index in [4.69, 9.17) is 28.3 Å². The van der Waals surface area contributed by atoms with Gasteiger partial charge in [0.1, 0.15) is 11.4 Å². The minimum Gasteiger partial charge on any atom is -0.256 e. The van der Waals surface area contributed by atoms with E-state index in [2.05, 4.69) is 39.7 Å². The van der Waals surface area contributed by atoms with E-state index >= 15 is 0 Å². The largest absolute Gasteiger partial charge is 0.256 e. The van der Waals surface area contributed by atoms with Crippen molar-refractivity contribution in [3.63, 3.8) is 0 Å². The zero-order valence-corrected chi connectivity index (χ0v) is 18.4. The van der Waals surface area contributed by atoms with Crippen LogP contribution in [0.3, 0.4) is 0 Å². The van der Waals surface area contributed by atoms with Gasteiger partial charge in [-0.05, 0) is 54.9 Å². The minimum absolute atomic E-state index is 0.230. The number of rotatable bonds is 5. The average molecular weight is 472 g/mol. The van der Waals surface area contributed by atoms with E-state index in [0.29, 0.717) is 16.5 Å². The van der Waals surface area contributed by atoms with Crippen molar-refractivity contribution in [2.75, 3.05) is 0 Å². The SMILES string of the molecule is Cc1nn(C(C)C)c(Sc2cc(Cl)cc(Cl)c2)c1Cc1ncncc1Br. The Balaban J connectivity index is 2.05. The first kappa shape index (κ1) is 19.7. The summed E-state index contributed by atoms with van der Waals surface area (Å²) in [5.41, 5.74) is 3.05. The van der Waals surface area contributed by atoms with E-state index in [-0.39, 0.29) is 6.04 Å². The molecule has 0 aliphatic heterocycles. The first-order valence-electron chi connectivity index (χ1n) is 8.01. The molecule has 0 saturated heterocycles. The third kappa shape index (κ3) is 4.42. The van der Waals surface area contributed by atoms with Gasteiger partial charge in [0, 0.05) is 39.2 Å². The van der Waals surface area contributed by atoms with Crippen molar-refractivity contribution < 1.29 is 0 Å². The van der Waals surface area contributed by atoms with Crippen LogP contribution in [0.1, 0.15) is 36.8 Å². The summed E-state index contributed by atoms with van der Waals surface area (Å²) in [6.07, 6.45) is 3.98. The number of hydrogen-bond donors (Lipinski definition) is 0.